The molecule has 5 atom stereocenters. The molecule has 3 aliphatic carbocycles. The molecule has 0 radical (unpaired) electrons. The zero-order valence-corrected chi connectivity index (χ0v) is 19.0. The van der Waals surface area contributed by atoms with Gasteiger partial charge >= 0.3 is 0 Å². The van der Waals surface area contributed by atoms with E-state index in [4.69, 9.17) is 4.74 Å². The van der Waals surface area contributed by atoms with Gasteiger partial charge in [0.15, 0.2) is 0 Å². The third-order valence-electron chi connectivity index (χ3n) is 7.89. The van der Waals surface area contributed by atoms with Gasteiger partial charge in [-0.15, -0.1) is 0 Å². The Morgan fingerprint density at radius 2 is 2.00 bits per heavy atom. The van der Waals surface area contributed by atoms with E-state index in [1.165, 1.54) is 43.3 Å². The molecule has 0 aromatic carbocycles. The van der Waals surface area contributed by atoms with E-state index < -0.39 is 5.60 Å². The molecule has 0 saturated heterocycles. The number of allylic oxidation sites excluding steroid dienone is 4. The van der Waals surface area contributed by atoms with E-state index in [0.717, 1.165) is 19.3 Å². The second kappa shape index (κ2) is 9.08. The Hall–Kier alpha value is -0.900. The monoisotopic (exact) mass is 402 g/mol. The van der Waals surface area contributed by atoms with E-state index in [1.807, 2.05) is 13.8 Å². The van der Waals surface area contributed by atoms with Crippen LogP contribution < -0.4 is 0 Å². The SMILES string of the molecule is C=C1CC[C@H](O)C/C1=C/C=C1\CCC[C@]2(C)C(C(C)OCCC(C)(C)O)CC[C@@H]12. The molecule has 3 saturated carbocycles. The van der Waals surface area contributed by atoms with Gasteiger partial charge in [-0.1, -0.05) is 36.8 Å². The number of ether oxygens (including phenoxy) is 1. The van der Waals surface area contributed by atoms with Crippen LogP contribution in [0.4, 0.5) is 0 Å². The van der Waals surface area contributed by atoms with Crippen LogP contribution in [0.2, 0.25) is 0 Å². The molecule has 3 aliphatic rings. The number of hydrogen-bond acceptors (Lipinski definition) is 3. The molecule has 3 fully saturated rings. The van der Waals surface area contributed by atoms with Crippen molar-refractivity contribution in [2.45, 2.75) is 103 Å². The first-order valence-electron chi connectivity index (χ1n) is 11.7. The van der Waals surface area contributed by atoms with E-state index in [-0.39, 0.29) is 12.2 Å². The fourth-order valence-electron chi connectivity index (χ4n) is 6.06. The van der Waals surface area contributed by atoms with Crippen molar-refractivity contribution >= 4 is 0 Å². The quantitative estimate of drug-likeness (QED) is 0.597. The van der Waals surface area contributed by atoms with Crippen LogP contribution in [-0.2, 0) is 4.74 Å². The fraction of sp³-hybridized carbons (Fsp3) is 0.769. The Balaban J connectivity index is 1.68. The van der Waals surface area contributed by atoms with Gasteiger partial charge in [-0.05, 0) is 101 Å². The number of rotatable bonds is 6. The third-order valence-corrected chi connectivity index (χ3v) is 7.89. The molecule has 0 aliphatic heterocycles. The van der Waals surface area contributed by atoms with Gasteiger partial charge in [0.2, 0.25) is 0 Å². The van der Waals surface area contributed by atoms with E-state index in [9.17, 15) is 10.2 Å². The molecule has 3 nitrogen and oxygen atoms in total. The number of hydrogen-bond donors (Lipinski definition) is 2. The molecular weight excluding hydrogens is 360 g/mol. The molecule has 29 heavy (non-hydrogen) atoms. The highest BCUT2D eigenvalue weighted by Gasteiger charge is 2.51. The molecule has 0 amide bonds. The summed E-state index contributed by atoms with van der Waals surface area (Å²) >= 11 is 0. The Morgan fingerprint density at radius 1 is 1.24 bits per heavy atom. The summed E-state index contributed by atoms with van der Waals surface area (Å²) in [6.45, 7) is 13.2. The summed E-state index contributed by atoms with van der Waals surface area (Å²) in [7, 11) is 0. The minimum atomic E-state index is -0.660. The maximum atomic E-state index is 10.0. The van der Waals surface area contributed by atoms with Crippen LogP contribution in [0.1, 0.15) is 85.5 Å². The van der Waals surface area contributed by atoms with Crippen LogP contribution in [0.25, 0.3) is 0 Å². The first-order chi connectivity index (χ1) is 13.6. The van der Waals surface area contributed by atoms with Crippen LogP contribution in [0.15, 0.2) is 35.5 Å². The Morgan fingerprint density at radius 3 is 2.72 bits per heavy atom. The molecule has 0 aromatic heterocycles. The number of fused-ring (bicyclic) bond motifs is 1. The van der Waals surface area contributed by atoms with Crippen molar-refractivity contribution in [1.29, 1.82) is 0 Å². The second-order valence-electron chi connectivity index (χ2n) is 10.7. The third kappa shape index (κ3) is 5.42. The second-order valence-corrected chi connectivity index (χ2v) is 10.7. The van der Waals surface area contributed by atoms with Gasteiger partial charge < -0.3 is 14.9 Å². The maximum absolute atomic E-state index is 10.0. The number of aliphatic hydroxyl groups excluding tert-OH is 1. The van der Waals surface area contributed by atoms with E-state index in [0.29, 0.717) is 30.3 Å². The molecule has 3 heteroatoms. The fourth-order valence-corrected chi connectivity index (χ4v) is 6.06. The lowest BCUT2D eigenvalue weighted by Gasteiger charge is -2.44. The van der Waals surface area contributed by atoms with Crippen molar-refractivity contribution in [3.05, 3.63) is 35.5 Å². The van der Waals surface area contributed by atoms with Gasteiger partial charge in [-0.3, -0.25) is 0 Å². The summed E-state index contributed by atoms with van der Waals surface area (Å²) in [5.41, 5.74) is 3.67. The summed E-state index contributed by atoms with van der Waals surface area (Å²) in [5.74, 6) is 1.22. The van der Waals surface area contributed by atoms with Gasteiger partial charge in [0, 0.05) is 6.61 Å². The molecule has 2 N–H and O–H groups in total. The highest BCUT2D eigenvalue weighted by molar-refractivity contribution is 5.36. The number of aliphatic hydroxyl groups is 2. The summed E-state index contributed by atoms with van der Waals surface area (Å²) in [6, 6.07) is 0. The van der Waals surface area contributed by atoms with Crippen molar-refractivity contribution in [3.63, 3.8) is 0 Å². The van der Waals surface area contributed by atoms with Crippen molar-refractivity contribution in [1.82, 2.24) is 0 Å². The van der Waals surface area contributed by atoms with Crippen molar-refractivity contribution in [3.8, 4) is 0 Å². The summed E-state index contributed by atoms with van der Waals surface area (Å²) < 4.78 is 6.20. The average Bonchev–Trinajstić information content (AvgIpc) is 2.99. The van der Waals surface area contributed by atoms with E-state index >= 15 is 0 Å². The predicted octanol–water partition coefficient (Wildman–Crippen LogP) is 5.72. The maximum Gasteiger partial charge on any atom is 0.0613 e. The van der Waals surface area contributed by atoms with Gasteiger partial charge in [-0.25, -0.2) is 0 Å². The van der Waals surface area contributed by atoms with Gasteiger partial charge in [0.25, 0.3) is 0 Å². The molecule has 0 spiro atoms. The minimum Gasteiger partial charge on any atom is -0.393 e. The van der Waals surface area contributed by atoms with Crippen LogP contribution >= 0.6 is 0 Å². The topological polar surface area (TPSA) is 49.7 Å². The lowest BCUT2D eigenvalue weighted by atomic mass is 9.62. The van der Waals surface area contributed by atoms with Gasteiger partial charge in [0.1, 0.15) is 0 Å². The molecular formula is C26H42O3. The van der Waals surface area contributed by atoms with E-state index in [2.05, 4.69) is 32.6 Å². The molecule has 164 valence electrons. The zero-order chi connectivity index (χ0) is 21.2. The first-order valence-corrected chi connectivity index (χ1v) is 11.7. The summed E-state index contributed by atoms with van der Waals surface area (Å²) in [5, 5.41) is 20.0. The normalized spacial score (nSPS) is 37.2. The zero-order valence-electron chi connectivity index (χ0n) is 19.0. The van der Waals surface area contributed by atoms with Crippen molar-refractivity contribution < 1.29 is 14.9 Å². The highest BCUT2D eigenvalue weighted by Crippen LogP contribution is 2.58. The molecule has 0 aromatic rings. The lowest BCUT2D eigenvalue weighted by Crippen LogP contribution is -2.39. The van der Waals surface area contributed by atoms with Crippen LogP contribution in [-0.4, -0.2) is 34.6 Å². The summed E-state index contributed by atoms with van der Waals surface area (Å²) in [6.07, 6.45) is 14.0. The van der Waals surface area contributed by atoms with Gasteiger partial charge in [0.05, 0.1) is 17.8 Å². The molecule has 0 bridgehead atoms. The van der Waals surface area contributed by atoms with Gasteiger partial charge in [-0.2, -0.15) is 0 Å². The highest BCUT2D eigenvalue weighted by atomic mass is 16.5. The summed E-state index contributed by atoms with van der Waals surface area (Å²) in [4.78, 5) is 0. The standard InChI is InChI=1S/C26H42O3/c1-18-8-11-22(27)17-21(18)10-9-20-7-6-14-26(5)23(12-13-24(20)26)19(2)29-16-15-25(3,4)28/h9-10,19,22-24,27-28H,1,6-8,11-17H2,2-5H3/b20-9+,21-10-/t19?,22-,23?,24-,26+/m0/s1. The smallest absolute Gasteiger partial charge is 0.0613 e. The predicted molar refractivity (Wildman–Crippen MR) is 120 cm³/mol. The average molecular weight is 403 g/mol. The van der Waals surface area contributed by atoms with Crippen LogP contribution in [0.3, 0.4) is 0 Å². The first kappa shape index (κ1) is 22.8. The van der Waals surface area contributed by atoms with Crippen molar-refractivity contribution in [2.75, 3.05) is 6.61 Å². The minimum absolute atomic E-state index is 0.209. The largest absolute Gasteiger partial charge is 0.393 e. The van der Waals surface area contributed by atoms with Crippen LogP contribution in [0, 0.1) is 17.3 Å². The molecule has 2 unspecified atom stereocenters. The molecule has 0 heterocycles. The molecule has 3 rings (SSSR count). The Bertz CT molecular complexity index is 653. The lowest BCUT2D eigenvalue weighted by molar-refractivity contribution is -0.0454. The van der Waals surface area contributed by atoms with E-state index in [1.54, 1.807) is 5.57 Å². The van der Waals surface area contributed by atoms with Crippen molar-refractivity contribution in [2.24, 2.45) is 17.3 Å². The Kier molecular flexibility index (Phi) is 7.13. The Labute approximate surface area is 177 Å². The van der Waals surface area contributed by atoms with Crippen LogP contribution in [0.5, 0.6) is 0 Å².